The number of anilines is 1. The van der Waals surface area contributed by atoms with Gasteiger partial charge < -0.3 is 10.2 Å². The summed E-state index contributed by atoms with van der Waals surface area (Å²) in [5.74, 6) is 4.52. The zero-order chi connectivity index (χ0) is 10.8. The van der Waals surface area contributed by atoms with Crippen molar-refractivity contribution in [3.63, 3.8) is 0 Å². The lowest BCUT2D eigenvalue weighted by Crippen LogP contribution is -2.19. The van der Waals surface area contributed by atoms with Gasteiger partial charge >= 0.3 is 6.36 Å². The number of hydrogen-bond acceptors (Lipinski definition) is 3. The van der Waals surface area contributed by atoms with Crippen molar-refractivity contribution < 1.29 is 17.9 Å². The molecule has 0 aliphatic heterocycles. The van der Waals surface area contributed by atoms with E-state index in [9.17, 15) is 13.2 Å². The van der Waals surface area contributed by atoms with Crippen LogP contribution in [0.4, 0.5) is 18.9 Å². The van der Waals surface area contributed by atoms with E-state index < -0.39 is 12.1 Å². The van der Waals surface area contributed by atoms with Crippen LogP contribution >= 0.6 is 11.6 Å². The molecule has 0 heterocycles. The second kappa shape index (κ2) is 3.93. The van der Waals surface area contributed by atoms with E-state index in [0.717, 1.165) is 6.07 Å². The first-order valence-corrected chi connectivity index (χ1v) is 3.82. The normalized spacial score (nSPS) is 11.2. The molecule has 0 fully saturated rings. The molecular weight excluding hydrogens is 221 g/mol. The molecule has 0 aliphatic carbocycles. The first-order chi connectivity index (χ1) is 6.44. The van der Waals surface area contributed by atoms with Gasteiger partial charge in [0.05, 0.1) is 5.02 Å². The molecule has 1 rings (SSSR count). The van der Waals surface area contributed by atoms with E-state index in [1.807, 2.05) is 5.43 Å². The van der Waals surface area contributed by atoms with Gasteiger partial charge in [-0.25, -0.2) is 0 Å². The maximum Gasteiger partial charge on any atom is 0.573 e. The Morgan fingerprint density at radius 1 is 1.36 bits per heavy atom. The molecule has 0 amide bonds. The summed E-state index contributed by atoms with van der Waals surface area (Å²) in [5.41, 5.74) is 1.92. The van der Waals surface area contributed by atoms with Crippen LogP contribution in [0.5, 0.6) is 5.75 Å². The van der Waals surface area contributed by atoms with Crippen molar-refractivity contribution in [1.82, 2.24) is 0 Å². The molecule has 0 saturated heterocycles. The highest BCUT2D eigenvalue weighted by Gasteiger charge is 2.32. The average molecular weight is 227 g/mol. The number of nitrogen functional groups attached to an aromatic ring is 1. The summed E-state index contributed by atoms with van der Waals surface area (Å²) in [6, 6.07) is 3.82. The number of para-hydroxylation sites is 1. The van der Waals surface area contributed by atoms with Crippen molar-refractivity contribution in [2.24, 2.45) is 5.84 Å². The largest absolute Gasteiger partial charge is 0.573 e. The number of hydrogen-bond donors (Lipinski definition) is 2. The number of halogens is 4. The first-order valence-electron chi connectivity index (χ1n) is 3.45. The van der Waals surface area contributed by atoms with Crippen molar-refractivity contribution >= 4 is 17.3 Å². The summed E-state index contributed by atoms with van der Waals surface area (Å²) in [6.45, 7) is 0. The van der Waals surface area contributed by atoms with E-state index >= 15 is 0 Å². The third kappa shape index (κ3) is 2.68. The van der Waals surface area contributed by atoms with Gasteiger partial charge in [-0.05, 0) is 12.1 Å². The van der Waals surface area contributed by atoms with Gasteiger partial charge in [0.2, 0.25) is 0 Å². The number of nitrogens with one attached hydrogen (secondary N) is 1. The van der Waals surface area contributed by atoms with Crippen molar-refractivity contribution in [3.05, 3.63) is 23.2 Å². The Bertz CT molecular complexity index is 329. The number of benzene rings is 1. The van der Waals surface area contributed by atoms with Crippen LogP contribution in [0.15, 0.2) is 18.2 Å². The molecule has 1 aromatic carbocycles. The third-order valence-electron chi connectivity index (χ3n) is 1.35. The highest BCUT2D eigenvalue weighted by atomic mass is 35.5. The number of ether oxygens (including phenoxy) is 1. The molecule has 0 spiro atoms. The molecule has 7 heteroatoms. The molecule has 78 valence electrons. The van der Waals surface area contributed by atoms with Gasteiger partial charge in [0, 0.05) is 0 Å². The summed E-state index contributed by atoms with van der Waals surface area (Å²) in [7, 11) is 0. The molecule has 0 radical (unpaired) electrons. The van der Waals surface area contributed by atoms with Crippen LogP contribution in [0.1, 0.15) is 0 Å². The Labute approximate surface area is 82.6 Å². The fourth-order valence-corrected chi connectivity index (χ4v) is 1.07. The Morgan fingerprint density at radius 3 is 2.50 bits per heavy atom. The highest BCUT2D eigenvalue weighted by molar-refractivity contribution is 6.33. The van der Waals surface area contributed by atoms with E-state index in [2.05, 4.69) is 4.74 Å². The molecule has 0 atom stereocenters. The molecular formula is C7H6ClF3N2O. The van der Waals surface area contributed by atoms with Gasteiger partial charge in [-0.2, -0.15) is 0 Å². The first kappa shape index (κ1) is 10.9. The minimum atomic E-state index is -4.77. The predicted molar refractivity (Wildman–Crippen MR) is 45.9 cm³/mol. The predicted octanol–water partition coefficient (Wildman–Crippen LogP) is 2.52. The fourth-order valence-electron chi connectivity index (χ4n) is 0.854. The van der Waals surface area contributed by atoms with E-state index in [4.69, 9.17) is 17.4 Å². The molecule has 1 aromatic rings. The number of hydrazine groups is 1. The standard InChI is InChI=1S/C7H6ClF3N2O/c8-4-2-1-3-5(6(4)13-12)14-7(9,10)11/h1-3,13H,12H2. The van der Waals surface area contributed by atoms with Crippen LogP contribution in [0, 0.1) is 0 Å². The van der Waals surface area contributed by atoms with E-state index in [0.29, 0.717) is 0 Å². The zero-order valence-corrected chi connectivity index (χ0v) is 7.49. The number of nitrogens with two attached hydrogens (primary N) is 1. The SMILES string of the molecule is NNc1c(Cl)cccc1OC(F)(F)F. The minimum absolute atomic E-state index is 0.0502. The maximum atomic E-state index is 11.9. The average Bonchev–Trinajstić information content (AvgIpc) is 2.01. The maximum absolute atomic E-state index is 11.9. The van der Waals surface area contributed by atoms with Gasteiger partial charge in [-0.3, -0.25) is 5.84 Å². The van der Waals surface area contributed by atoms with Crippen molar-refractivity contribution in [2.45, 2.75) is 6.36 Å². The lowest BCUT2D eigenvalue weighted by atomic mass is 10.3. The molecule has 3 nitrogen and oxygen atoms in total. The topological polar surface area (TPSA) is 47.3 Å². The van der Waals surface area contributed by atoms with Gasteiger partial charge in [0.25, 0.3) is 0 Å². The van der Waals surface area contributed by atoms with Gasteiger partial charge in [-0.15, -0.1) is 13.2 Å². The van der Waals surface area contributed by atoms with Crippen LogP contribution in [0.3, 0.4) is 0 Å². The fraction of sp³-hybridized carbons (Fsp3) is 0.143. The molecule has 0 unspecified atom stereocenters. The van der Waals surface area contributed by atoms with Crippen LogP contribution in [-0.4, -0.2) is 6.36 Å². The van der Waals surface area contributed by atoms with Crippen LogP contribution in [-0.2, 0) is 0 Å². The monoisotopic (exact) mass is 226 g/mol. The number of rotatable bonds is 2. The third-order valence-corrected chi connectivity index (χ3v) is 1.66. The van der Waals surface area contributed by atoms with Crippen LogP contribution < -0.4 is 16.0 Å². The van der Waals surface area contributed by atoms with Crippen LogP contribution in [0.2, 0.25) is 5.02 Å². The molecule has 0 saturated carbocycles. The van der Waals surface area contributed by atoms with Gasteiger partial charge in [0.1, 0.15) is 5.69 Å². The molecule has 0 aromatic heterocycles. The van der Waals surface area contributed by atoms with Gasteiger partial charge in [-0.1, -0.05) is 17.7 Å². The zero-order valence-electron chi connectivity index (χ0n) is 6.73. The van der Waals surface area contributed by atoms with Crippen molar-refractivity contribution in [2.75, 3.05) is 5.43 Å². The second-order valence-corrected chi connectivity index (χ2v) is 2.71. The lowest BCUT2D eigenvalue weighted by molar-refractivity contribution is -0.274. The Kier molecular flexibility index (Phi) is 3.07. The van der Waals surface area contributed by atoms with Crippen molar-refractivity contribution in [1.29, 1.82) is 0 Å². The summed E-state index contributed by atoms with van der Waals surface area (Å²) in [4.78, 5) is 0. The van der Waals surface area contributed by atoms with Crippen LogP contribution in [0.25, 0.3) is 0 Å². The van der Waals surface area contributed by atoms with E-state index in [1.165, 1.54) is 12.1 Å². The van der Waals surface area contributed by atoms with E-state index in [-0.39, 0.29) is 10.7 Å². The Hall–Kier alpha value is -1.14. The Balaban J connectivity index is 3.02. The molecule has 3 N–H and O–H groups in total. The summed E-state index contributed by atoms with van der Waals surface area (Å²) < 4.78 is 39.2. The highest BCUT2D eigenvalue weighted by Crippen LogP contribution is 2.34. The number of alkyl halides is 3. The second-order valence-electron chi connectivity index (χ2n) is 2.31. The molecule has 0 aliphatic rings. The summed E-state index contributed by atoms with van der Waals surface area (Å²) in [5, 5.41) is 0.0502. The minimum Gasteiger partial charge on any atom is -0.403 e. The van der Waals surface area contributed by atoms with Crippen molar-refractivity contribution in [3.8, 4) is 5.75 Å². The smallest absolute Gasteiger partial charge is 0.403 e. The quantitative estimate of drug-likeness (QED) is 0.602. The molecule has 0 bridgehead atoms. The Morgan fingerprint density at radius 2 is 2.00 bits per heavy atom. The lowest BCUT2D eigenvalue weighted by Gasteiger charge is -2.13. The van der Waals surface area contributed by atoms with E-state index in [1.54, 1.807) is 0 Å². The summed E-state index contributed by atoms with van der Waals surface area (Å²) in [6.07, 6.45) is -4.77. The molecule has 14 heavy (non-hydrogen) atoms. The van der Waals surface area contributed by atoms with Gasteiger partial charge in [0.15, 0.2) is 5.75 Å². The summed E-state index contributed by atoms with van der Waals surface area (Å²) >= 11 is 5.57.